The van der Waals surface area contributed by atoms with Crippen LogP contribution in [-0.4, -0.2) is 38.3 Å². The number of aromatic hydroxyl groups is 1. The van der Waals surface area contributed by atoms with Crippen LogP contribution in [0.1, 0.15) is 46.7 Å². The lowest BCUT2D eigenvalue weighted by Gasteiger charge is -2.18. The SMILES string of the molecule is Cc1ccc(C)n1-c1ccc([C@H](O)CN[C@H](C)Cc2cccc(CC(=O)NCc3cccc(-c4ccc(O)cc4)c3)c2)cn1. The molecule has 0 saturated heterocycles. The quantitative estimate of drug-likeness (QED) is 0.144. The highest BCUT2D eigenvalue weighted by Crippen LogP contribution is 2.23. The van der Waals surface area contributed by atoms with Gasteiger partial charge in [-0.15, -0.1) is 0 Å². The van der Waals surface area contributed by atoms with E-state index in [0.29, 0.717) is 19.5 Å². The number of hydrogen-bond donors (Lipinski definition) is 4. The second-order valence-electron chi connectivity index (χ2n) is 11.5. The van der Waals surface area contributed by atoms with Gasteiger partial charge in [-0.3, -0.25) is 4.79 Å². The molecule has 2 aromatic heterocycles. The van der Waals surface area contributed by atoms with Crippen LogP contribution in [0.5, 0.6) is 5.75 Å². The van der Waals surface area contributed by atoms with Crippen molar-refractivity contribution in [2.24, 2.45) is 0 Å². The summed E-state index contributed by atoms with van der Waals surface area (Å²) in [4.78, 5) is 17.3. The van der Waals surface area contributed by atoms with E-state index in [4.69, 9.17) is 0 Å². The van der Waals surface area contributed by atoms with E-state index >= 15 is 0 Å². The van der Waals surface area contributed by atoms with E-state index in [1.54, 1.807) is 18.3 Å². The first-order valence-electron chi connectivity index (χ1n) is 15.0. The van der Waals surface area contributed by atoms with Gasteiger partial charge in [0.05, 0.1) is 12.5 Å². The van der Waals surface area contributed by atoms with Crippen LogP contribution < -0.4 is 10.6 Å². The number of benzene rings is 3. The first-order chi connectivity index (χ1) is 21.2. The molecule has 7 heteroatoms. The standard InChI is InChI=1S/C37H40N4O3/c1-25(38-24-35(43)33-14-17-36(39-23-33)41-26(2)10-11-27(41)3)18-28-6-4-7-29(19-28)21-37(44)40-22-30-8-5-9-32(20-30)31-12-15-34(42)16-13-31/h4-17,19-20,23,25,35,38,42-43H,18,21-22,24H2,1-3H3,(H,40,44)/t25-,35-/m1/s1. The molecular formula is C37H40N4O3. The van der Waals surface area contributed by atoms with Crippen molar-refractivity contribution in [1.82, 2.24) is 20.2 Å². The van der Waals surface area contributed by atoms with Gasteiger partial charge in [0.2, 0.25) is 5.91 Å². The lowest BCUT2D eigenvalue weighted by atomic mass is 10.0. The Morgan fingerprint density at radius 2 is 1.55 bits per heavy atom. The smallest absolute Gasteiger partial charge is 0.224 e. The lowest BCUT2D eigenvalue weighted by molar-refractivity contribution is -0.120. The van der Waals surface area contributed by atoms with Gasteiger partial charge in [0.25, 0.3) is 0 Å². The van der Waals surface area contributed by atoms with Crippen LogP contribution in [-0.2, 0) is 24.2 Å². The summed E-state index contributed by atoms with van der Waals surface area (Å²) in [5.41, 5.74) is 8.17. The zero-order chi connectivity index (χ0) is 31.1. The number of carbonyl (C=O) groups is 1. The maximum atomic E-state index is 12.8. The van der Waals surface area contributed by atoms with Crippen LogP contribution in [0.3, 0.4) is 0 Å². The minimum Gasteiger partial charge on any atom is -0.508 e. The van der Waals surface area contributed by atoms with Gasteiger partial charge in [0.1, 0.15) is 11.6 Å². The van der Waals surface area contributed by atoms with E-state index < -0.39 is 6.10 Å². The van der Waals surface area contributed by atoms with E-state index in [9.17, 15) is 15.0 Å². The fourth-order valence-electron chi connectivity index (χ4n) is 5.44. The van der Waals surface area contributed by atoms with Gasteiger partial charge >= 0.3 is 0 Å². The number of rotatable bonds is 12. The van der Waals surface area contributed by atoms with Crippen molar-refractivity contribution in [1.29, 1.82) is 0 Å². The second kappa shape index (κ2) is 14.2. The molecule has 0 radical (unpaired) electrons. The average Bonchev–Trinajstić information content (AvgIpc) is 3.37. The summed E-state index contributed by atoms with van der Waals surface area (Å²) in [7, 11) is 0. The predicted molar refractivity (Wildman–Crippen MR) is 175 cm³/mol. The number of hydrogen-bond acceptors (Lipinski definition) is 5. The van der Waals surface area contributed by atoms with Crippen molar-refractivity contribution in [3.05, 3.63) is 137 Å². The molecule has 0 aliphatic rings. The zero-order valence-electron chi connectivity index (χ0n) is 25.5. The average molecular weight is 589 g/mol. The lowest BCUT2D eigenvalue weighted by Crippen LogP contribution is -2.32. The molecule has 0 bridgehead atoms. The summed E-state index contributed by atoms with van der Waals surface area (Å²) in [5, 5.41) is 26.8. The molecule has 1 amide bonds. The third-order valence-electron chi connectivity index (χ3n) is 7.83. The van der Waals surface area contributed by atoms with Crippen LogP contribution in [0.25, 0.3) is 16.9 Å². The van der Waals surface area contributed by atoms with Crippen molar-refractivity contribution in [3.63, 3.8) is 0 Å². The van der Waals surface area contributed by atoms with E-state index in [1.165, 1.54) is 0 Å². The largest absolute Gasteiger partial charge is 0.508 e. The first-order valence-corrected chi connectivity index (χ1v) is 15.0. The van der Waals surface area contributed by atoms with Crippen molar-refractivity contribution in [2.75, 3.05) is 6.54 Å². The van der Waals surface area contributed by atoms with Crippen molar-refractivity contribution < 1.29 is 15.0 Å². The highest BCUT2D eigenvalue weighted by molar-refractivity contribution is 5.78. The molecule has 2 heterocycles. The molecule has 5 aromatic rings. The Balaban J connectivity index is 1.09. The van der Waals surface area contributed by atoms with Crippen LogP contribution in [0.15, 0.2) is 103 Å². The third kappa shape index (κ3) is 8.01. The van der Waals surface area contributed by atoms with E-state index in [-0.39, 0.29) is 17.7 Å². The summed E-state index contributed by atoms with van der Waals surface area (Å²) < 4.78 is 2.09. The Bertz CT molecular complexity index is 1670. The molecule has 0 fully saturated rings. The maximum absolute atomic E-state index is 12.8. The normalized spacial score (nSPS) is 12.5. The Hall–Kier alpha value is -4.72. The highest BCUT2D eigenvalue weighted by atomic mass is 16.3. The van der Waals surface area contributed by atoms with Crippen molar-refractivity contribution >= 4 is 5.91 Å². The molecule has 0 unspecified atom stereocenters. The van der Waals surface area contributed by atoms with Gasteiger partial charge in [-0.2, -0.15) is 0 Å². The second-order valence-corrected chi connectivity index (χ2v) is 11.5. The van der Waals surface area contributed by atoms with Gasteiger partial charge in [-0.05, 0) is 91.4 Å². The summed E-state index contributed by atoms with van der Waals surface area (Å²) in [6.45, 7) is 7.06. The van der Waals surface area contributed by atoms with Crippen LogP contribution >= 0.6 is 0 Å². The third-order valence-corrected chi connectivity index (χ3v) is 7.83. The molecular weight excluding hydrogens is 548 g/mol. The number of amides is 1. The van der Waals surface area contributed by atoms with E-state index in [0.717, 1.165) is 57.0 Å². The number of aryl methyl sites for hydroxylation is 2. The molecule has 0 aliphatic heterocycles. The molecule has 0 saturated carbocycles. The Kier molecular flexibility index (Phi) is 9.89. The van der Waals surface area contributed by atoms with Gasteiger partial charge in [0.15, 0.2) is 0 Å². The van der Waals surface area contributed by atoms with Crippen molar-refractivity contribution in [3.8, 4) is 22.7 Å². The molecule has 0 aliphatic carbocycles. The Morgan fingerprint density at radius 3 is 2.27 bits per heavy atom. The van der Waals surface area contributed by atoms with Gasteiger partial charge in [0, 0.05) is 42.3 Å². The molecule has 44 heavy (non-hydrogen) atoms. The topological polar surface area (TPSA) is 99.4 Å². The van der Waals surface area contributed by atoms with Crippen LogP contribution in [0.2, 0.25) is 0 Å². The summed E-state index contributed by atoms with van der Waals surface area (Å²) >= 11 is 0. The van der Waals surface area contributed by atoms with E-state index in [1.807, 2.05) is 54.6 Å². The number of aliphatic hydroxyl groups is 1. The summed E-state index contributed by atoms with van der Waals surface area (Å²) in [6.07, 6.45) is 2.15. The van der Waals surface area contributed by atoms with Gasteiger partial charge in [-0.1, -0.05) is 60.7 Å². The number of phenolic OH excluding ortho intramolecular Hbond substituents is 1. The molecule has 5 rings (SSSR count). The van der Waals surface area contributed by atoms with Gasteiger partial charge in [-0.25, -0.2) is 4.98 Å². The molecule has 3 aromatic carbocycles. The fraction of sp³-hybridized carbons (Fsp3) is 0.243. The van der Waals surface area contributed by atoms with E-state index in [2.05, 4.69) is 71.3 Å². The Morgan fingerprint density at radius 1 is 0.841 bits per heavy atom. The number of phenols is 1. The highest BCUT2D eigenvalue weighted by Gasteiger charge is 2.13. The number of nitrogens with one attached hydrogen (secondary N) is 2. The minimum atomic E-state index is -0.664. The number of aliphatic hydroxyl groups excluding tert-OH is 1. The molecule has 2 atom stereocenters. The molecule has 226 valence electrons. The molecule has 4 N–H and O–H groups in total. The number of aromatic nitrogens is 2. The monoisotopic (exact) mass is 588 g/mol. The number of nitrogens with zero attached hydrogens (tertiary/aromatic N) is 2. The predicted octanol–water partition coefficient (Wildman–Crippen LogP) is 5.97. The van der Waals surface area contributed by atoms with Crippen LogP contribution in [0, 0.1) is 13.8 Å². The fourth-order valence-corrected chi connectivity index (χ4v) is 5.44. The Labute approximate surface area is 259 Å². The number of pyridine rings is 1. The number of carbonyl (C=O) groups excluding carboxylic acids is 1. The molecule has 0 spiro atoms. The maximum Gasteiger partial charge on any atom is 0.224 e. The van der Waals surface area contributed by atoms with Crippen LogP contribution in [0.4, 0.5) is 0 Å². The summed E-state index contributed by atoms with van der Waals surface area (Å²) in [5.74, 6) is 1.04. The summed E-state index contributed by atoms with van der Waals surface area (Å²) in [6, 6.07) is 31.4. The molecule has 7 nitrogen and oxygen atoms in total. The minimum absolute atomic E-state index is 0.0341. The van der Waals surface area contributed by atoms with Gasteiger partial charge < -0.3 is 25.4 Å². The zero-order valence-corrected chi connectivity index (χ0v) is 25.5. The van der Waals surface area contributed by atoms with Crippen molar-refractivity contribution in [2.45, 2.75) is 52.3 Å². The first kappa shape index (κ1) is 30.7.